The first kappa shape index (κ1) is 25.6. The van der Waals surface area contributed by atoms with Crippen LogP contribution >= 0.6 is 0 Å². The maximum atomic E-state index is 13.2. The van der Waals surface area contributed by atoms with Crippen molar-refractivity contribution >= 4 is 23.4 Å². The number of hydrogen-bond acceptors (Lipinski definition) is 5. The number of carbonyl (C=O) groups excluding carboxylic acids is 3. The average Bonchev–Trinajstić information content (AvgIpc) is 3.29. The van der Waals surface area contributed by atoms with E-state index in [1.807, 2.05) is 13.8 Å². The second kappa shape index (κ2) is 10.1. The molecule has 0 spiro atoms. The van der Waals surface area contributed by atoms with E-state index in [0.717, 1.165) is 12.1 Å². The van der Waals surface area contributed by atoms with Crippen molar-refractivity contribution in [2.45, 2.75) is 39.9 Å². The number of alkyl halides is 3. The van der Waals surface area contributed by atoms with Gasteiger partial charge in [0.25, 0.3) is 17.7 Å². The number of imide groups is 1. The number of amides is 3. The highest BCUT2D eigenvalue weighted by Gasteiger charge is 2.36. The molecule has 3 aromatic rings. The molecule has 3 amide bonds. The molecule has 0 aliphatic carbocycles. The molecule has 3 heterocycles. The fourth-order valence-electron chi connectivity index (χ4n) is 3.61. The summed E-state index contributed by atoms with van der Waals surface area (Å²) in [5, 5.41) is 6.35. The van der Waals surface area contributed by atoms with Crippen LogP contribution in [0.5, 0.6) is 0 Å². The molecule has 0 saturated heterocycles. The minimum Gasteiger partial charge on any atom is -0.305 e. The van der Waals surface area contributed by atoms with E-state index in [4.69, 9.17) is 0 Å². The number of carbonyl (C=O) groups is 3. The normalized spacial score (nSPS) is 15.1. The quantitative estimate of drug-likeness (QED) is 0.552. The van der Waals surface area contributed by atoms with Crippen LogP contribution in [0.4, 0.5) is 18.9 Å². The second-order valence-electron chi connectivity index (χ2n) is 7.63. The molecule has 0 bridgehead atoms. The monoisotopic (exact) mass is 487 g/mol. The molecule has 11 heteroatoms. The third-order valence-corrected chi connectivity index (χ3v) is 5.24. The van der Waals surface area contributed by atoms with Gasteiger partial charge in [0.15, 0.2) is 0 Å². The molecule has 0 radical (unpaired) electrons. The van der Waals surface area contributed by atoms with Gasteiger partial charge in [-0.1, -0.05) is 13.8 Å². The van der Waals surface area contributed by atoms with Gasteiger partial charge in [-0.2, -0.15) is 18.3 Å². The van der Waals surface area contributed by atoms with Crippen molar-refractivity contribution in [1.82, 2.24) is 20.1 Å². The van der Waals surface area contributed by atoms with Crippen molar-refractivity contribution in [2.75, 3.05) is 11.4 Å². The van der Waals surface area contributed by atoms with Crippen LogP contribution in [-0.4, -0.2) is 39.0 Å². The Hall–Kier alpha value is -4.02. The summed E-state index contributed by atoms with van der Waals surface area (Å²) in [5.41, 5.74) is 0.0744. The molecule has 8 nitrogen and oxygen atoms in total. The number of nitrogens with zero attached hydrogens (tertiary/aromatic N) is 4. The van der Waals surface area contributed by atoms with Gasteiger partial charge in [0.05, 0.1) is 23.4 Å². The van der Waals surface area contributed by atoms with Gasteiger partial charge < -0.3 is 4.90 Å². The zero-order valence-electron chi connectivity index (χ0n) is 19.6. The molecular weight excluding hydrogens is 463 g/mol. The van der Waals surface area contributed by atoms with E-state index >= 15 is 0 Å². The van der Waals surface area contributed by atoms with E-state index in [-0.39, 0.29) is 35.1 Å². The Morgan fingerprint density at radius 3 is 2.34 bits per heavy atom. The van der Waals surface area contributed by atoms with Crippen molar-refractivity contribution < 1.29 is 27.6 Å². The van der Waals surface area contributed by atoms with E-state index in [9.17, 15) is 27.6 Å². The summed E-state index contributed by atoms with van der Waals surface area (Å²) in [4.78, 5) is 43.7. The Morgan fingerprint density at radius 1 is 1.09 bits per heavy atom. The van der Waals surface area contributed by atoms with Gasteiger partial charge in [-0.05, 0) is 50.2 Å². The smallest absolute Gasteiger partial charge is 0.305 e. The first-order chi connectivity index (χ1) is 16.6. The summed E-state index contributed by atoms with van der Waals surface area (Å²) in [6, 6.07) is 6.78. The van der Waals surface area contributed by atoms with Crippen LogP contribution in [0.1, 0.15) is 69.3 Å². The molecule has 1 aromatic carbocycles. The lowest BCUT2D eigenvalue weighted by atomic mass is 10.1. The largest absolute Gasteiger partial charge is 0.416 e. The predicted octanol–water partition coefficient (Wildman–Crippen LogP) is 4.42. The van der Waals surface area contributed by atoms with Crippen LogP contribution in [0.25, 0.3) is 0 Å². The van der Waals surface area contributed by atoms with Crippen LogP contribution in [0.15, 0.2) is 48.8 Å². The Bertz CT molecular complexity index is 1250. The van der Waals surface area contributed by atoms with Crippen LogP contribution in [-0.2, 0) is 6.18 Å². The molecule has 2 aromatic heterocycles. The summed E-state index contributed by atoms with van der Waals surface area (Å²) in [7, 11) is 0. The van der Waals surface area contributed by atoms with Gasteiger partial charge in [-0.25, -0.2) is 0 Å². The molecule has 1 N–H and O–H groups in total. The fraction of sp³-hybridized carbons (Fsp3) is 0.292. The minimum absolute atomic E-state index is 0.0511. The summed E-state index contributed by atoms with van der Waals surface area (Å²) >= 11 is 0. The minimum atomic E-state index is -4.50. The molecule has 4 rings (SSSR count). The van der Waals surface area contributed by atoms with Crippen LogP contribution in [0.2, 0.25) is 0 Å². The maximum absolute atomic E-state index is 13.2. The molecule has 1 aliphatic heterocycles. The maximum Gasteiger partial charge on any atom is 0.416 e. The summed E-state index contributed by atoms with van der Waals surface area (Å²) < 4.78 is 40.0. The molecular formula is C24H24F3N5O3. The number of aromatic nitrogens is 3. The van der Waals surface area contributed by atoms with Crippen molar-refractivity contribution in [3.63, 3.8) is 0 Å². The number of benzene rings is 1. The second-order valence-corrected chi connectivity index (χ2v) is 7.63. The molecule has 1 atom stereocenters. The Balaban J connectivity index is 0.00000167. The molecule has 0 saturated carbocycles. The summed E-state index contributed by atoms with van der Waals surface area (Å²) in [6.45, 7) is 7.60. The van der Waals surface area contributed by atoms with E-state index in [1.54, 1.807) is 13.8 Å². The standard InChI is InChI=1S/C22H18F3N5O3.C2H6/c1-12-9-14(7-8-26-12)19(31)28-20(32)17-10-27-30-13(2)11-29(21(33)18(17)30)16-5-3-15(4-6-16)22(23,24)25;1-2/h3-10,13H,11H2,1-2H3,(H,28,31,32);1-2H3. The molecule has 1 aliphatic rings. The zero-order chi connectivity index (χ0) is 25.9. The van der Waals surface area contributed by atoms with Crippen LogP contribution < -0.4 is 10.2 Å². The SMILES string of the molecule is CC.Cc1cc(C(=O)NC(=O)c2cnn3c2C(=O)N(c2ccc(C(F)(F)F)cc2)CC3C)ccn1. The van der Waals surface area contributed by atoms with Gasteiger partial charge >= 0.3 is 6.18 Å². The number of nitrogens with one attached hydrogen (secondary N) is 1. The molecule has 0 fully saturated rings. The van der Waals surface area contributed by atoms with Gasteiger partial charge in [0.2, 0.25) is 0 Å². The van der Waals surface area contributed by atoms with E-state index in [2.05, 4.69) is 15.4 Å². The summed E-state index contributed by atoms with van der Waals surface area (Å²) in [6.07, 6.45) is -1.87. The van der Waals surface area contributed by atoms with Gasteiger partial charge in [0.1, 0.15) is 5.69 Å². The van der Waals surface area contributed by atoms with Crippen molar-refractivity contribution in [1.29, 1.82) is 0 Å². The first-order valence-electron chi connectivity index (χ1n) is 10.9. The highest BCUT2D eigenvalue weighted by Crippen LogP contribution is 2.32. The Morgan fingerprint density at radius 2 is 1.74 bits per heavy atom. The lowest BCUT2D eigenvalue weighted by Gasteiger charge is -2.32. The van der Waals surface area contributed by atoms with E-state index in [1.165, 1.54) is 46.2 Å². The molecule has 184 valence electrons. The highest BCUT2D eigenvalue weighted by atomic mass is 19.4. The van der Waals surface area contributed by atoms with Crippen LogP contribution in [0.3, 0.4) is 0 Å². The predicted molar refractivity (Wildman–Crippen MR) is 122 cm³/mol. The van der Waals surface area contributed by atoms with E-state index in [0.29, 0.717) is 5.69 Å². The van der Waals surface area contributed by atoms with Crippen molar-refractivity contribution in [3.8, 4) is 0 Å². The highest BCUT2D eigenvalue weighted by molar-refractivity contribution is 6.16. The topological polar surface area (TPSA) is 97.2 Å². The Kier molecular flexibility index (Phi) is 7.37. The lowest BCUT2D eigenvalue weighted by molar-refractivity contribution is -0.137. The first-order valence-corrected chi connectivity index (χ1v) is 10.9. The van der Waals surface area contributed by atoms with Crippen molar-refractivity contribution in [2.24, 2.45) is 0 Å². The third kappa shape index (κ3) is 5.23. The number of aryl methyl sites for hydroxylation is 1. The number of rotatable bonds is 3. The molecule has 35 heavy (non-hydrogen) atoms. The average molecular weight is 487 g/mol. The zero-order valence-corrected chi connectivity index (χ0v) is 19.6. The number of anilines is 1. The summed E-state index contributed by atoms with van der Waals surface area (Å²) in [5.74, 6) is -2.09. The van der Waals surface area contributed by atoms with Gasteiger partial charge in [-0.15, -0.1) is 0 Å². The third-order valence-electron chi connectivity index (χ3n) is 5.24. The number of halogens is 3. The fourth-order valence-corrected chi connectivity index (χ4v) is 3.61. The molecule has 1 unspecified atom stereocenters. The number of hydrogen-bond donors (Lipinski definition) is 1. The Labute approximate surface area is 199 Å². The van der Waals surface area contributed by atoms with E-state index < -0.39 is 29.5 Å². The van der Waals surface area contributed by atoms with Crippen molar-refractivity contribution in [3.05, 3.63) is 76.9 Å². The lowest BCUT2D eigenvalue weighted by Crippen LogP contribution is -2.44. The number of pyridine rings is 1. The number of fused-ring (bicyclic) bond motifs is 1. The van der Waals surface area contributed by atoms with Crippen LogP contribution in [0, 0.1) is 6.92 Å². The van der Waals surface area contributed by atoms with Gasteiger partial charge in [-0.3, -0.25) is 29.4 Å². The van der Waals surface area contributed by atoms with Gasteiger partial charge in [0, 0.05) is 29.7 Å².